The summed E-state index contributed by atoms with van der Waals surface area (Å²) in [4.78, 5) is 25.4. The minimum absolute atomic E-state index is 0.270. The second-order valence-electron chi connectivity index (χ2n) is 6.69. The summed E-state index contributed by atoms with van der Waals surface area (Å²) in [6, 6.07) is 14.7. The highest BCUT2D eigenvalue weighted by atomic mass is 16.5. The number of hydrogen-bond acceptors (Lipinski definition) is 4. The van der Waals surface area contributed by atoms with E-state index in [4.69, 9.17) is 9.47 Å². The van der Waals surface area contributed by atoms with E-state index in [2.05, 4.69) is 5.32 Å². The van der Waals surface area contributed by atoms with Crippen LogP contribution in [0.5, 0.6) is 5.75 Å². The summed E-state index contributed by atoms with van der Waals surface area (Å²) < 4.78 is 10.8. The first-order chi connectivity index (χ1) is 13.2. The number of benzene rings is 3. The van der Waals surface area contributed by atoms with Crippen molar-refractivity contribution in [3.63, 3.8) is 0 Å². The van der Waals surface area contributed by atoms with E-state index in [0.717, 1.165) is 40.1 Å². The van der Waals surface area contributed by atoms with E-state index in [1.165, 1.54) is 0 Å². The van der Waals surface area contributed by atoms with Gasteiger partial charge >= 0.3 is 5.97 Å². The number of methoxy groups -OCH3 is 1. The number of amides is 1. The van der Waals surface area contributed by atoms with Crippen molar-refractivity contribution in [3.05, 3.63) is 54.1 Å². The summed E-state index contributed by atoms with van der Waals surface area (Å²) in [6.45, 7) is 0.416. The number of esters is 1. The van der Waals surface area contributed by atoms with Gasteiger partial charge in [0.15, 0.2) is 0 Å². The van der Waals surface area contributed by atoms with Crippen LogP contribution in [0.4, 0.5) is 0 Å². The summed E-state index contributed by atoms with van der Waals surface area (Å²) in [6.07, 6.45) is 2.27. The normalized spacial score (nSPS) is 17.4. The Kier molecular flexibility index (Phi) is 4.67. The van der Waals surface area contributed by atoms with Crippen LogP contribution in [-0.4, -0.2) is 31.6 Å². The molecule has 4 rings (SSSR count). The average molecular weight is 363 g/mol. The Morgan fingerprint density at radius 2 is 1.59 bits per heavy atom. The van der Waals surface area contributed by atoms with E-state index in [1.807, 2.05) is 48.5 Å². The van der Waals surface area contributed by atoms with Crippen LogP contribution in [0.2, 0.25) is 0 Å². The molecule has 0 radical (unpaired) electrons. The molecule has 0 saturated carbocycles. The van der Waals surface area contributed by atoms with Gasteiger partial charge in [-0.05, 0) is 30.0 Å². The number of nitrogens with one attached hydrogen (secondary N) is 1. The molecule has 1 saturated heterocycles. The molecule has 5 heteroatoms. The summed E-state index contributed by atoms with van der Waals surface area (Å²) in [5, 5.41) is 6.23. The van der Waals surface area contributed by atoms with E-state index in [-0.39, 0.29) is 11.9 Å². The highest BCUT2D eigenvalue weighted by molar-refractivity contribution is 6.21. The Labute approximate surface area is 157 Å². The van der Waals surface area contributed by atoms with Crippen LogP contribution in [0.15, 0.2) is 48.5 Å². The number of fused-ring (bicyclic) bond motifs is 2. The minimum atomic E-state index is -0.611. The average Bonchev–Trinajstić information content (AvgIpc) is 2.90. The highest BCUT2D eigenvalue weighted by Gasteiger charge is 2.27. The van der Waals surface area contributed by atoms with Crippen molar-refractivity contribution in [1.82, 2.24) is 5.32 Å². The molecule has 138 valence electrons. The Balaban J connectivity index is 1.87. The molecule has 0 bridgehead atoms. The lowest BCUT2D eigenvalue weighted by Gasteiger charge is -2.18. The number of carbonyl (C=O) groups excluding carboxylic acids is 2. The number of rotatable bonds is 3. The third-order valence-corrected chi connectivity index (χ3v) is 5.03. The van der Waals surface area contributed by atoms with Crippen molar-refractivity contribution in [2.75, 3.05) is 13.7 Å². The van der Waals surface area contributed by atoms with Gasteiger partial charge in [-0.25, -0.2) is 4.79 Å². The van der Waals surface area contributed by atoms with E-state index in [0.29, 0.717) is 18.6 Å². The van der Waals surface area contributed by atoms with Crippen LogP contribution in [0.1, 0.15) is 29.6 Å². The molecule has 3 aromatic rings. The standard InChI is InChI=1S/C22H21NO4/c1-26-20-16-10-4-2-8-14(16)19(15-9-3-5-11-17(15)20)21(24)23-18-12-6-7-13-27-22(18)25/h2-5,8-11,18H,6-7,12-13H2,1H3,(H,23,24). The van der Waals surface area contributed by atoms with Crippen molar-refractivity contribution in [1.29, 1.82) is 0 Å². The first kappa shape index (κ1) is 17.3. The SMILES string of the molecule is COc1c2ccccc2c(C(=O)NC2CCCCOC2=O)c2ccccc12. The van der Waals surface area contributed by atoms with Crippen molar-refractivity contribution in [2.24, 2.45) is 0 Å². The molecule has 1 atom stereocenters. The van der Waals surface area contributed by atoms with E-state index in [9.17, 15) is 9.59 Å². The quantitative estimate of drug-likeness (QED) is 0.567. The topological polar surface area (TPSA) is 64.6 Å². The lowest BCUT2D eigenvalue weighted by atomic mass is 9.94. The number of ether oxygens (including phenoxy) is 2. The first-order valence-corrected chi connectivity index (χ1v) is 9.15. The second kappa shape index (κ2) is 7.27. The van der Waals surface area contributed by atoms with E-state index < -0.39 is 6.04 Å². The Hall–Kier alpha value is -3.08. The molecule has 1 amide bonds. The first-order valence-electron chi connectivity index (χ1n) is 9.15. The van der Waals surface area contributed by atoms with Crippen molar-refractivity contribution in [2.45, 2.75) is 25.3 Å². The van der Waals surface area contributed by atoms with Gasteiger partial charge in [0, 0.05) is 10.8 Å². The van der Waals surface area contributed by atoms with Gasteiger partial charge in [0.1, 0.15) is 11.8 Å². The molecule has 1 unspecified atom stereocenters. The van der Waals surface area contributed by atoms with Gasteiger partial charge in [0.2, 0.25) is 0 Å². The maximum atomic E-state index is 13.2. The van der Waals surface area contributed by atoms with Gasteiger partial charge < -0.3 is 14.8 Å². The predicted molar refractivity (Wildman–Crippen MR) is 104 cm³/mol. The maximum absolute atomic E-state index is 13.2. The van der Waals surface area contributed by atoms with Crippen molar-refractivity contribution in [3.8, 4) is 5.75 Å². The summed E-state index contributed by atoms with van der Waals surface area (Å²) in [7, 11) is 1.63. The summed E-state index contributed by atoms with van der Waals surface area (Å²) in [5.41, 5.74) is 0.555. The Morgan fingerprint density at radius 1 is 1.00 bits per heavy atom. The molecular formula is C22H21NO4. The smallest absolute Gasteiger partial charge is 0.328 e. The molecular weight excluding hydrogens is 342 g/mol. The summed E-state index contributed by atoms with van der Waals surface area (Å²) >= 11 is 0. The molecule has 0 aromatic heterocycles. The van der Waals surface area contributed by atoms with Gasteiger partial charge in [-0.3, -0.25) is 4.79 Å². The fraction of sp³-hybridized carbons (Fsp3) is 0.273. The van der Waals surface area contributed by atoms with E-state index >= 15 is 0 Å². The highest BCUT2D eigenvalue weighted by Crippen LogP contribution is 2.38. The largest absolute Gasteiger partial charge is 0.495 e. The minimum Gasteiger partial charge on any atom is -0.495 e. The van der Waals surface area contributed by atoms with Crippen LogP contribution >= 0.6 is 0 Å². The van der Waals surface area contributed by atoms with Crippen molar-refractivity contribution >= 4 is 33.4 Å². The molecule has 5 nitrogen and oxygen atoms in total. The number of hydrogen-bond donors (Lipinski definition) is 1. The number of cyclic esters (lactones) is 1. The maximum Gasteiger partial charge on any atom is 0.328 e. The molecule has 1 N–H and O–H groups in total. The third kappa shape index (κ3) is 3.10. The molecule has 1 heterocycles. The van der Waals surface area contributed by atoms with Crippen LogP contribution in [0.3, 0.4) is 0 Å². The lowest BCUT2D eigenvalue weighted by molar-refractivity contribution is -0.144. The lowest BCUT2D eigenvalue weighted by Crippen LogP contribution is -2.41. The summed E-state index contributed by atoms with van der Waals surface area (Å²) in [5.74, 6) is 0.114. The molecule has 1 aliphatic rings. The van der Waals surface area contributed by atoms with Crippen molar-refractivity contribution < 1.29 is 19.1 Å². The Morgan fingerprint density at radius 3 is 2.19 bits per heavy atom. The van der Waals surface area contributed by atoms with Crippen LogP contribution < -0.4 is 10.1 Å². The van der Waals surface area contributed by atoms with Gasteiger partial charge in [0.25, 0.3) is 5.91 Å². The molecule has 1 aliphatic heterocycles. The number of carbonyl (C=O) groups is 2. The van der Waals surface area contributed by atoms with Crippen LogP contribution in [-0.2, 0) is 9.53 Å². The third-order valence-electron chi connectivity index (χ3n) is 5.03. The zero-order chi connectivity index (χ0) is 18.8. The zero-order valence-corrected chi connectivity index (χ0v) is 15.2. The second-order valence-corrected chi connectivity index (χ2v) is 6.69. The van der Waals surface area contributed by atoms with Gasteiger partial charge in [-0.15, -0.1) is 0 Å². The monoisotopic (exact) mass is 363 g/mol. The van der Waals surface area contributed by atoms with Gasteiger partial charge in [-0.1, -0.05) is 48.5 Å². The predicted octanol–water partition coefficient (Wildman–Crippen LogP) is 3.83. The van der Waals surface area contributed by atoms with Gasteiger partial charge in [0.05, 0.1) is 19.3 Å². The zero-order valence-electron chi connectivity index (χ0n) is 15.2. The van der Waals surface area contributed by atoms with E-state index in [1.54, 1.807) is 7.11 Å². The molecule has 27 heavy (non-hydrogen) atoms. The van der Waals surface area contributed by atoms with Gasteiger partial charge in [-0.2, -0.15) is 0 Å². The fourth-order valence-corrected chi connectivity index (χ4v) is 3.76. The van der Waals surface area contributed by atoms with Crippen LogP contribution in [0.25, 0.3) is 21.5 Å². The molecule has 1 fully saturated rings. The molecule has 3 aromatic carbocycles. The van der Waals surface area contributed by atoms with Crippen LogP contribution in [0, 0.1) is 0 Å². The Bertz CT molecular complexity index is 970. The molecule has 0 aliphatic carbocycles. The fourth-order valence-electron chi connectivity index (χ4n) is 3.76. The molecule has 0 spiro atoms.